The summed E-state index contributed by atoms with van der Waals surface area (Å²) < 4.78 is 5.17. The first kappa shape index (κ1) is 13.9. The Hall–Kier alpha value is -1.21. The normalized spacial score (nSPS) is 29.2. The van der Waals surface area contributed by atoms with E-state index >= 15 is 0 Å². The molecule has 0 saturated heterocycles. The van der Waals surface area contributed by atoms with E-state index in [-0.39, 0.29) is 6.04 Å². The first-order valence-electron chi connectivity index (χ1n) is 5.94. The van der Waals surface area contributed by atoms with Crippen LogP contribution in [0.15, 0.2) is 0 Å². The standard InChI is InChI=1S/C13H21NO3/c1-5-13(16)8-6-10(7-9-13)14-11(15)17-12(2,3)4/h1,10,16H,6-9H2,2-4H3,(H,14,15)/t10-,13+. The molecular weight excluding hydrogens is 218 g/mol. The second-order valence-electron chi connectivity index (χ2n) is 5.60. The van der Waals surface area contributed by atoms with Gasteiger partial charge < -0.3 is 15.2 Å². The van der Waals surface area contributed by atoms with Crippen molar-refractivity contribution < 1.29 is 14.6 Å². The van der Waals surface area contributed by atoms with E-state index in [4.69, 9.17) is 11.2 Å². The van der Waals surface area contributed by atoms with Crippen LogP contribution in [0.4, 0.5) is 4.79 Å². The minimum atomic E-state index is -0.994. The number of aliphatic hydroxyl groups is 1. The van der Waals surface area contributed by atoms with Gasteiger partial charge in [0.25, 0.3) is 0 Å². The van der Waals surface area contributed by atoms with Crippen molar-refractivity contribution >= 4 is 6.09 Å². The Morgan fingerprint density at radius 2 is 2.00 bits per heavy atom. The molecule has 0 spiro atoms. The zero-order valence-electron chi connectivity index (χ0n) is 10.7. The summed E-state index contributed by atoms with van der Waals surface area (Å²) in [5.41, 5.74) is -1.48. The lowest BCUT2D eigenvalue weighted by Gasteiger charge is -2.32. The molecular formula is C13H21NO3. The fourth-order valence-corrected chi connectivity index (χ4v) is 1.86. The third kappa shape index (κ3) is 4.66. The van der Waals surface area contributed by atoms with E-state index in [1.807, 2.05) is 20.8 Å². The molecule has 0 atom stereocenters. The SMILES string of the molecule is C#C[C@]1(O)CC[C@@H](NC(=O)OC(C)(C)C)CC1. The van der Waals surface area contributed by atoms with Crippen LogP contribution in [0.3, 0.4) is 0 Å². The smallest absolute Gasteiger partial charge is 0.407 e. The molecule has 0 radical (unpaired) electrons. The van der Waals surface area contributed by atoms with E-state index in [1.165, 1.54) is 0 Å². The third-order valence-electron chi connectivity index (χ3n) is 2.80. The van der Waals surface area contributed by atoms with Crippen LogP contribution in [-0.4, -0.2) is 28.4 Å². The van der Waals surface area contributed by atoms with E-state index in [1.54, 1.807) is 0 Å². The molecule has 1 aliphatic carbocycles. The Morgan fingerprint density at radius 1 is 1.47 bits per heavy atom. The minimum absolute atomic E-state index is 0.0403. The van der Waals surface area contributed by atoms with Gasteiger partial charge in [-0.25, -0.2) is 4.79 Å². The van der Waals surface area contributed by atoms with Crippen LogP contribution >= 0.6 is 0 Å². The molecule has 1 aliphatic rings. The lowest BCUT2D eigenvalue weighted by molar-refractivity contribution is 0.0343. The fourth-order valence-electron chi connectivity index (χ4n) is 1.86. The maximum atomic E-state index is 11.5. The van der Waals surface area contributed by atoms with Crippen LogP contribution in [0, 0.1) is 12.3 Å². The van der Waals surface area contributed by atoms with Crippen molar-refractivity contribution in [3.05, 3.63) is 0 Å². The zero-order valence-corrected chi connectivity index (χ0v) is 10.7. The van der Waals surface area contributed by atoms with Gasteiger partial charge in [0.15, 0.2) is 0 Å². The van der Waals surface area contributed by atoms with Gasteiger partial charge in [0.2, 0.25) is 0 Å². The second-order valence-corrected chi connectivity index (χ2v) is 5.60. The number of hydrogen-bond acceptors (Lipinski definition) is 3. The molecule has 1 fully saturated rings. The average Bonchev–Trinajstić information content (AvgIpc) is 2.19. The maximum absolute atomic E-state index is 11.5. The molecule has 4 nitrogen and oxygen atoms in total. The van der Waals surface area contributed by atoms with E-state index in [0.29, 0.717) is 25.7 Å². The van der Waals surface area contributed by atoms with Gasteiger partial charge in [-0.15, -0.1) is 6.42 Å². The second kappa shape index (κ2) is 4.97. The maximum Gasteiger partial charge on any atom is 0.407 e. The average molecular weight is 239 g/mol. The molecule has 4 heteroatoms. The number of carbonyl (C=O) groups is 1. The Kier molecular flexibility index (Phi) is 4.05. The van der Waals surface area contributed by atoms with Crippen LogP contribution in [0.5, 0.6) is 0 Å². The number of hydrogen-bond donors (Lipinski definition) is 2. The molecule has 2 N–H and O–H groups in total. The van der Waals surface area contributed by atoms with Crippen molar-refractivity contribution in [3.8, 4) is 12.3 Å². The van der Waals surface area contributed by atoms with Gasteiger partial charge in [-0.2, -0.15) is 0 Å². The number of amides is 1. The first-order chi connectivity index (χ1) is 7.74. The lowest BCUT2D eigenvalue weighted by atomic mass is 9.83. The number of nitrogens with one attached hydrogen (secondary N) is 1. The van der Waals surface area contributed by atoms with Gasteiger partial charge in [0, 0.05) is 6.04 Å². The highest BCUT2D eigenvalue weighted by Crippen LogP contribution is 2.27. The number of terminal acetylenes is 1. The number of carbonyl (C=O) groups excluding carboxylic acids is 1. The van der Waals surface area contributed by atoms with Crippen molar-refractivity contribution in [2.24, 2.45) is 0 Å². The molecule has 0 aliphatic heterocycles. The minimum Gasteiger partial charge on any atom is -0.444 e. The molecule has 17 heavy (non-hydrogen) atoms. The van der Waals surface area contributed by atoms with Crippen LogP contribution in [-0.2, 0) is 4.74 Å². The highest BCUT2D eigenvalue weighted by atomic mass is 16.6. The van der Waals surface area contributed by atoms with Crippen molar-refractivity contribution in [2.75, 3.05) is 0 Å². The van der Waals surface area contributed by atoms with Gasteiger partial charge >= 0.3 is 6.09 Å². The van der Waals surface area contributed by atoms with E-state index in [9.17, 15) is 9.90 Å². The Labute approximate surface area is 103 Å². The van der Waals surface area contributed by atoms with E-state index in [2.05, 4.69) is 11.2 Å². The van der Waals surface area contributed by atoms with Gasteiger partial charge in [-0.3, -0.25) is 0 Å². The van der Waals surface area contributed by atoms with Crippen molar-refractivity contribution in [1.29, 1.82) is 0 Å². The first-order valence-corrected chi connectivity index (χ1v) is 5.94. The molecule has 0 aromatic rings. The quantitative estimate of drug-likeness (QED) is 0.686. The molecule has 0 aromatic heterocycles. The van der Waals surface area contributed by atoms with Gasteiger partial charge in [-0.05, 0) is 46.5 Å². The number of alkyl carbamates (subject to hydrolysis) is 1. The highest BCUT2D eigenvalue weighted by molar-refractivity contribution is 5.68. The van der Waals surface area contributed by atoms with Crippen molar-refractivity contribution in [1.82, 2.24) is 5.32 Å². The summed E-state index contributed by atoms with van der Waals surface area (Å²) in [4.78, 5) is 11.5. The number of rotatable bonds is 1. The van der Waals surface area contributed by atoms with Crippen LogP contribution in [0.25, 0.3) is 0 Å². The topological polar surface area (TPSA) is 58.6 Å². The molecule has 1 saturated carbocycles. The monoisotopic (exact) mass is 239 g/mol. The number of ether oxygens (including phenoxy) is 1. The van der Waals surface area contributed by atoms with Crippen molar-refractivity contribution in [2.45, 2.75) is 63.7 Å². The largest absolute Gasteiger partial charge is 0.444 e. The zero-order chi connectivity index (χ0) is 13.1. The highest BCUT2D eigenvalue weighted by Gasteiger charge is 2.32. The summed E-state index contributed by atoms with van der Waals surface area (Å²) in [6.45, 7) is 5.47. The summed E-state index contributed by atoms with van der Waals surface area (Å²) in [5.74, 6) is 2.40. The molecule has 0 aromatic carbocycles. The lowest BCUT2D eigenvalue weighted by Crippen LogP contribution is -2.44. The van der Waals surface area contributed by atoms with Crippen LogP contribution < -0.4 is 5.32 Å². The molecule has 0 unspecified atom stereocenters. The Morgan fingerprint density at radius 3 is 2.41 bits per heavy atom. The summed E-state index contributed by atoms with van der Waals surface area (Å²) in [5, 5.41) is 12.6. The van der Waals surface area contributed by atoms with Crippen molar-refractivity contribution in [3.63, 3.8) is 0 Å². The molecule has 0 bridgehead atoms. The fraction of sp³-hybridized carbons (Fsp3) is 0.769. The van der Waals surface area contributed by atoms with Gasteiger partial charge in [-0.1, -0.05) is 5.92 Å². The Bertz CT molecular complexity index is 317. The summed E-state index contributed by atoms with van der Waals surface area (Å²) in [7, 11) is 0. The molecule has 1 rings (SSSR count). The summed E-state index contributed by atoms with van der Waals surface area (Å²) >= 11 is 0. The third-order valence-corrected chi connectivity index (χ3v) is 2.80. The summed E-state index contributed by atoms with van der Waals surface area (Å²) in [6, 6.07) is 0.0403. The van der Waals surface area contributed by atoms with E-state index in [0.717, 1.165) is 0 Å². The van der Waals surface area contributed by atoms with E-state index < -0.39 is 17.3 Å². The van der Waals surface area contributed by atoms with Crippen LogP contribution in [0.1, 0.15) is 46.5 Å². The summed E-state index contributed by atoms with van der Waals surface area (Å²) in [6.07, 6.45) is 7.24. The molecule has 1 amide bonds. The molecule has 0 heterocycles. The predicted octanol–water partition coefficient (Wildman–Crippen LogP) is 1.82. The Balaban J connectivity index is 2.37. The van der Waals surface area contributed by atoms with Gasteiger partial charge in [0.1, 0.15) is 11.2 Å². The van der Waals surface area contributed by atoms with Gasteiger partial charge in [0.05, 0.1) is 0 Å². The van der Waals surface area contributed by atoms with Crippen LogP contribution in [0.2, 0.25) is 0 Å². The predicted molar refractivity (Wildman–Crippen MR) is 65.4 cm³/mol. The molecule has 96 valence electrons.